The average molecular weight is 208 g/mol. The highest BCUT2D eigenvalue weighted by Gasteiger charge is 2.20. The van der Waals surface area contributed by atoms with Gasteiger partial charge in [-0.15, -0.1) is 0 Å². The monoisotopic (exact) mass is 208 g/mol. The summed E-state index contributed by atoms with van der Waals surface area (Å²) in [4.78, 5) is 13.1. The number of carbonyl (C=O) groups excluding carboxylic acids is 1. The largest absolute Gasteiger partial charge is 0.467 e. The molecule has 82 valence electrons. The van der Waals surface area contributed by atoms with Crippen LogP contribution in [-0.2, 0) is 9.53 Å². The second-order valence-electron chi connectivity index (χ2n) is 3.19. The van der Waals surface area contributed by atoms with Crippen LogP contribution >= 0.6 is 0 Å². The maximum atomic E-state index is 11.4. The third-order valence-corrected chi connectivity index (χ3v) is 2.29. The fourth-order valence-electron chi connectivity index (χ4n) is 1.40. The molecular formula is C11H16N2O2. The summed E-state index contributed by atoms with van der Waals surface area (Å²) in [6, 6.07) is 9.17. The Labute approximate surface area is 89.6 Å². The molecule has 1 unspecified atom stereocenters. The standard InChI is InChI=1S/C11H16N2O2/c1-9(11(14)15-2)13(8-12)10-6-4-3-5-7-10/h3-7,9H,8,12H2,1-2H3. The number of nitrogens with zero attached hydrogens (tertiary/aromatic N) is 1. The van der Waals surface area contributed by atoms with Gasteiger partial charge in [-0.05, 0) is 19.1 Å². The van der Waals surface area contributed by atoms with Crippen LogP contribution in [0.2, 0.25) is 0 Å². The predicted octanol–water partition coefficient (Wildman–Crippen LogP) is 0.971. The lowest BCUT2D eigenvalue weighted by Gasteiger charge is -2.27. The van der Waals surface area contributed by atoms with Crippen molar-refractivity contribution in [3.63, 3.8) is 0 Å². The first-order chi connectivity index (χ1) is 7.20. The van der Waals surface area contributed by atoms with Crippen molar-refractivity contribution in [2.24, 2.45) is 5.73 Å². The minimum absolute atomic E-state index is 0.278. The number of rotatable bonds is 4. The van der Waals surface area contributed by atoms with E-state index in [0.29, 0.717) is 0 Å². The Morgan fingerprint density at radius 2 is 2.07 bits per heavy atom. The highest BCUT2D eigenvalue weighted by Crippen LogP contribution is 2.15. The zero-order valence-electron chi connectivity index (χ0n) is 9.01. The summed E-state index contributed by atoms with van der Waals surface area (Å²) in [5.41, 5.74) is 6.53. The second-order valence-corrected chi connectivity index (χ2v) is 3.19. The van der Waals surface area contributed by atoms with Crippen LogP contribution in [0.15, 0.2) is 30.3 Å². The van der Waals surface area contributed by atoms with E-state index in [4.69, 9.17) is 5.73 Å². The van der Waals surface area contributed by atoms with Crippen molar-refractivity contribution < 1.29 is 9.53 Å². The van der Waals surface area contributed by atoms with Crippen molar-refractivity contribution in [1.29, 1.82) is 0 Å². The Bertz CT molecular complexity index is 314. The summed E-state index contributed by atoms with van der Waals surface area (Å²) >= 11 is 0. The lowest BCUT2D eigenvalue weighted by Crippen LogP contribution is -2.43. The number of ether oxygens (including phenoxy) is 1. The first-order valence-corrected chi connectivity index (χ1v) is 4.80. The Hall–Kier alpha value is -1.55. The van der Waals surface area contributed by atoms with E-state index in [1.165, 1.54) is 7.11 Å². The van der Waals surface area contributed by atoms with Gasteiger partial charge in [0.25, 0.3) is 0 Å². The number of carbonyl (C=O) groups is 1. The van der Waals surface area contributed by atoms with Crippen molar-refractivity contribution in [3.8, 4) is 0 Å². The quantitative estimate of drug-likeness (QED) is 0.591. The molecule has 0 spiro atoms. The molecule has 1 rings (SSSR count). The molecule has 0 radical (unpaired) electrons. The van der Waals surface area contributed by atoms with Gasteiger partial charge in [-0.3, -0.25) is 0 Å². The molecule has 0 aliphatic rings. The third kappa shape index (κ3) is 2.70. The zero-order chi connectivity index (χ0) is 11.3. The van der Waals surface area contributed by atoms with Gasteiger partial charge in [0.1, 0.15) is 6.04 Å². The maximum Gasteiger partial charge on any atom is 0.328 e. The number of para-hydroxylation sites is 1. The highest BCUT2D eigenvalue weighted by atomic mass is 16.5. The van der Waals surface area contributed by atoms with Gasteiger partial charge in [-0.1, -0.05) is 18.2 Å². The summed E-state index contributed by atoms with van der Waals surface area (Å²) in [5, 5.41) is 0. The zero-order valence-corrected chi connectivity index (χ0v) is 9.01. The van der Waals surface area contributed by atoms with E-state index in [0.717, 1.165) is 5.69 Å². The molecule has 0 saturated heterocycles. The molecule has 2 N–H and O–H groups in total. The average Bonchev–Trinajstić information content (AvgIpc) is 2.30. The topological polar surface area (TPSA) is 55.6 Å². The lowest BCUT2D eigenvalue weighted by atomic mass is 10.2. The predicted molar refractivity (Wildman–Crippen MR) is 59.5 cm³/mol. The Morgan fingerprint density at radius 1 is 1.47 bits per heavy atom. The fraction of sp³-hybridized carbons (Fsp3) is 0.364. The van der Waals surface area contributed by atoms with Crippen molar-refractivity contribution >= 4 is 11.7 Å². The summed E-state index contributed by atoms with van der Waals surface area (Å²) in [6.07, 6.45) is 0. The SMILES string of the molecule is COC(=O)C(C)N(CN)c1ccccc1. The normalized spacial score (nSPS) is 11.9. The molecule has 15 heavy (non-hydrogen) atoms. The number of benzene rings is 1. The van der Waals surface area contributed by atoms with Gasteiger partial charge in [0.05, 0.1) is 13.8 Å². The summed E-state index contributed by atoms with van der Waals surface area (Å²) < 4.78 is 4.68. The number of esters is 1. The lowest BCUT2D eigenvalue weighted by molar-refractivity contribution is -0.141. The van der Waals surface area contributed by atoms with Crippen molar-refractivity contribution in [1.82, 2.24) is 0 Å². The second kappa shape index (κ2) is 5.36. The molecule has 0 heterocycles. The van der Waals surface area contributed by atoms with Crippen LogP contribution in [0.1, 0.15) is 6.92 Å². The Balaban J connectivity index is 2.85. The summed E-state index contributed by atoms with van der Waals surface area (Å²) in [5.74, 6) is -0.288. The van der Waals surface area contributed by atoms with E-state index in [2.05, 4.69) is 4.74 Å². The third-order valence-electron chi connectivity index (χ3n) is 2.29. The van der Waals surface area contributed by atoms with E-state index >= 15 is 0 Å². The smallest absolute Gasteiger partial charge is 0.328 e. The van der Waals surface area contributed by atoms with Gasteiger partial charge in [0.15, 0.2) is 0 Å². The Morgan fingerprint density at radius 3 is 2.53 bits per heavy atom. The Kier molecular flexibility index (Phi) is 4.12. The molecule has 0 saturated carbocycles. The molecular weight excluding hydrogens is 192 g/mol. The number of nitrogens with two attached hydrogens (primary N) is 1. The maximum absolute atomic E-state index is 11.4. The van der Waals surface area contributed by atoms with E-state index in [1.54, 1.807) is 11.8 Å². The minimum Gasteiger partial charge on any atom is -0.467 e. The molecule has 0 bridgehead atoms. The van der Waals surface area contributed by atoms with Gasteiger partial charge in [0, 0.05) is 5.69 Å². The van der Waals surface area contributed by atoms with Gasteiger partial charge in [-0.25, -0.2) is 4.79 Å². The molecule has 4 nitrogen and oxygen atoms in total. The van der Waals surface area contributed by atoms with Crippen LogP contribution in [0.5, 0.6) is 0 Å². The van der Waals surface area contributed by atoms with E-state index in [9.17, 15) is 4.79 Å². The van der Waals surface area contributed by atoms with Crippen molar-refractivity contribution in [3.05, 3.63) is 30.3 Å². The van der Waals surface area contributed by atoms with E-state index < -0.39 is 0 Å². The van der Waals surface area contributed by atoms with Crippen LogP contribution in [0.3, 0.4) is 0 Å². The number of hydrogen-bond acceptors (Lipinski definition) is 4. The molecule has 0 aliphatic carbocycles. The molecule has 1 atom stereocenters. The number of hydrogen-bond donors (Lipinski definition) is 1. The van der Waals surface area contributed by atoms with Crippen LogP contribution in [0.25, 0.3) is 0 Å². The fourth-order valence-corrected chi connectivity index (χ4v) is 1.40. The van der Waals surface area contributed by atoms with Crippen LogP contribution < -0.4 is 10.6 Å². The molecule has 0 amide bonds. The van der Waals surface area contributed by atoms with E-state index in [-0.39, 0.29) is 18.7 Å². The molecule has 4 heteroatoms. The van der Waals surface area contributed by atoms with Gasteiger partial charge in [0.2, 0.25) is 0 Å². The molecule has 0 aromatic heterocycles. The van der Waals surface area contributed by atoms with Gasteiger partial charge >= 0.3 is 5.97 Å². The number of anilines is 1. The van der Waals surface area contributed by atoms with Gasteiger partial charge in [-0.2, -0.15) is 0 Å². The van der Waals surface area contributed by atoms with Crippen molar-refractivity contribution in [2.45, 2.75) is 13.0 Å². The van der Waals surface area contributed by atoms with Crippen LogP contribution in [-0.4, -0.2) is 25.8 Å². The molecule has 0 fully saturated rings. The highest BCUT2D eigenvalue weighted by molar-refractivity contribution is 5.79. The van der Waals surface area contributed by atoms with Crippen LogP contribution in [0, 0.1) is 0 Å². The molecule has 0 aliphatic heterocycles. The first-order valence-electron chi connectivity index (χ1n) is 4.80. The van der Waals surface area contributed by atoms with Gasteiger partial charge < -0.3 is 15.4 Å². The minimum atomic E-state index is -0.373. The number of methoxy groups -OCH3 is 1. The van der Waals surface area contributed by atoms with Crippen LogP contribution in [0.4, 0.5) is 5.69 Å². The molecule has 1 aromatic carbocycles. The summed E-state index contributed by atoms with van der Waals surface area (Å²) in [6.45, 7) is 2.05. The summed E-state index contributed by atoms with van der Waals surface area (Å²) in [7, 11) is 1.37. The molecule has 1 aromatic rings. The van der Waals surface area contributed by atoms with Crippen molar-refractivity contribution in [2.75, 3.05) is 18.7 Å². The first kappa shape index (κ1) is 11.5. The van der Waals surface area contributed by atoms with E-state index in [1.807, 2.05) is 30.3 Å².